The predicted molar refractivity (Wildman–Crippen MR) is 74.1 cm³/mol. The van der Waals surface area contributed by atoms with Crippen molar-refractivity contribution < 1.29 is 0 Å². The SMILES string of the molecule is ClC1CCCC(CNc2ncnc3c2CCC3)C1. The minimum atomic E-state index is 0.377. The first kappa shape index (κ1) is 12.2. The van der Waals surface area contributed by atoms with Gasteiger partial charge in [-0.15, -0.1) is 11.6 Å². The molecule has 1 N–H and O–H groups in total. The van der Waals surface area contributed by atoms with E-state index in [0.29, 0.717) is 11.3 Å². The number of halogens is 1. The molecule has 1 saturated carbocycles. The van der Waals surface area contributed by atoms with E-state index in [0.717, 1.165) is 31.6 Å². The summed E-state index contributed by atoms with van der Waals surface area (Å²) < 4.78 is 0. The van der Waals surface area contributed by atoms with Gasteiger partial charge in [-0.2, -0.15) is 0 Å². The highest BCUT2D eigenvalue weighted by atomic mass is 35.5. The van der Waals surface area contributed by atoms with E-state index in [1.807, 2.05) is 0 Å². The molecule has 0 amide bonds. The molecule has 4 heteroatoms. The number of hydrogen-bond donors (Lipinski definition) is 1. The van der Waals surface area contributed by atoms with E-state index in [1.54, 1.807) is 6.33 Å². The van der Waals surface area contributed by atoms with E-state index in [2.05, 4.69) is 15.3 Å². The highest BCUT2D eigenvalue weighted by Crippen LogP contribution is 2.29. The van der Waals surface area contributed by atoms with Gasteiger partial charge in [-0.25, -0.2) is 9.97 Å². The van der Waals surface area contributed by atoms with Crippen molar-refractivity contribution >= 4 is 17.4 Å². The fourth-order valence-corrected chi connectivity index (χ4v) is 3.57. The van der Waals surface area contributed by atoms with Gasteiger partial charge in [-0.3, -0.25) is 0 Å². The summed E-state index contributed by atoms with van der Waals surface area (Å²) in [5.74, 6) is 1.77. The van der Waals surface area contributed by atoms with Crippen LogP contribution in [-0.2, 0) is 12.8 Å². The maximum Gasteiger partial charge on any atom is 0.132 e. The molecule has 0 radical (unpaired) electrons. The van der Waals surface area contributed by atoms with Crippen LogP contribution in [0, 0.1) is 5.92 Å². The molecule has 18 heavy (non-hydrogen) atoms. The molecule has 98 valence electrons. The van der Waals surface area contributed by atoms with Crippen molar-refractivity contribution in [3.63, 3.8) is 0 Å². The fraction of sp³-hybridized carbons (Fsp3) is 0.714. The number of rotatable bonds is 3. The molecule has 3 nitrogen and oxygen atoms in total. The molecule has 0 bridgehead atoms. The minimum absolute atomic E-state index is 0.377. The number of aromatic nitrogens is 2. The molecule has 0 spiro atoms. The predicted octanol–water partition coefficient (Wildman–Crippen LogP) is 3.17. The molecule has 0 aromatic carbocycles. The zero-order chi connectivity index (χ0) is 12.4. The summed E-state index contributed by atoms with van der Waals surface area (Å²) in [5.41, 5.74) is 2.59. The Morgan fingerprint density at radius 1 is 1.22 bits per heavy atom. The highest BCUT2D eigenvalue weighted by Gasteiger charge is 2.21. The normalized spacial score (nSPS) is 26.9. The van der Waals surface area contributed by atoms with Gasteiger partial charge in [0.1, 0.15) is 12.1 Å². The van der Waals surface area contributed by atoms with Crippen molar-refractivity contribution in [3.05, 3.63) is 17.6 Å². The lowest BCUT2D eigenvalue weighted by Gasteiger charge is -2.26. The smallest absolute Gasteiger partial charge is 0.132 e. The molecule has 0 aliphatic heterocycles. The van der Waals surface area contributed by atoms with Crippen LogP contribution in [0.4, 0.5) is 5.82 Å². The maximum absolute atomic E-state index is 6.23. The summed E-state index contributed by atoms with van der Waals surface area (Å²) in [7, 11) is 0. The number of aryl methyl sites for hydroxylation is 1. The quantitative estimate of drug-likeness (QED) is 0.853. The number of alkyl halides is 1. The van der Waals surface area contributed by atoms with Crippen molar-refractivity contribution in [1.29, 1.82) is 0 Å². The van der Waals surface area contributed by atoms with Crippen LogP contribution in [-0.4, -0.2) is 21.9 Å². The second kappa shape index (κ2) is 5.43. The maximum atomic E-state index is 6.23. The molecule has 2 aliphatic carbocycles. The third-order valence-corrected chi connectivity index (χ3v) is 4.55. The lowest BCUT2D eigenvalue weighted by Crippen LogP contribution is -2.23. The van der Waals surface area contributed by atoms with Crippen molar-refractivity contribution in [2.24, 2.45) is 5.92 Å². The molecule has 1 heterocycles. The van der Waals surface area contributed by atoms with Crippen molar-refractivity contribution in [2.45, 2.75) is 50.3 Å². The first-order valence-electron chi connectivity index (χ1n) is 7.03. The lowest BCUT2D eigenvalue weighted by molar-refractivity contribution is 0.378. The monoisotopic (exact) mass is 265 g/mol. The van der Waals surface area contributed by atoms with Crippen molar-refractivity contribution in [1.82, 2.24) is 9.97 Å². The summed E-state index contributed by atoms with van der Waals surface area (Å²) in [6, 6.07) is 0. The molecule has 0 saturated heterocycles. The second-order valence-corrected chi connectivity index (χ2v) is 6.13. The van der Waals surface area contributed by atoms with Crippen molar-refractivity contribution in [3.8, 4) is 0 Å². The van der Waals surface area contributed by atoms with Gasteiger partial charge in [0.25, 0.3) is 0 Å². The highest BCUT2D eigenvalue weighted by molar-refractivity contribution is 6.20. The van der Waals surface area contributed by atoms with Gasteiger partial charge in [-0.05, 0) is 44.4 Å². The number of fused-ring (bicyclic) bond motifs is 1. The Balaban J connectivity index is 1.61. The summed E-state index contributed by atoms with van der Waals surface area (Å²) in [6.45, 7) is 1.01. The molecule has 1 aromatic heterocycles. The van der Waals surface area contributed by atoms with Gasteiger partial charge in [0.15, 0.2) is 0 Å². The Morgan fingerprint density at radius 2 is 2.17 bits per heavy atom. The van der Waals surface area contributed by atoms with E-state index in [1.165, 1.54) is 36.9 Å². The van der Waals surface area contributed by atoms with Crippen LogP contribution in [0.1, 0.15) is 43.4 Å². The largest absolute Gasteiger partial charge is 0.369 e. The summed E-state index contributed by atoms with van der Waals surface area (Å²) in [5, 5.41) is 3.90. The number of anilines is 1. The number of nitrogens with one attached hydrogen (secondary N) is 1. The molecule has 1 fully saturated rings. The number of nitrogens with zero attached hydrogens (tertiary/aromatic N) is 2. The molecule has 2 atom stereocenters. The van der Waals surface area contributed by atoms with E-state index >= 15 is 0 Å². The Morgan fingerprint density at radius 3 is 3.06 bits per heavy atom. The Hall–Kier alpha value is -0.830. The first-order valence-corrected chi connectivity index (χ1v) is 7.47. The Labute approximate surface area is 113 Å². The summed E-state index contributed by atoms with van der Waals surface area (Å²) in [6.07, 6.45) is 10.0. The molecular weight excluding hydrogens is 246 g/mol. The van der Waals surface area contributed by atoms with Crippen LogP contribution in [0.2, 0.25) is 0 Å². The Bertz CT molecular complexity index is 422. The minimum Gasteiger partial charge on any atom is -0.369 e. The Kier molecular flexibility index (Phi) is 3.69. The third kappa shape index (κ3) is 2.61. The second-order valence-electron chi connectivity index (χ2n) is 5.51. The third-order valence-electron chi connectivity index (χ3n) is 4.15. The zero-order valence-corrected chi connectivity index (χ0v) is 11.4. The van der Waals surface area contributed by atoms with Crippen LogP contribution in [0.25, 0.3) is 0 Å². The molecule has 2 aliphatic rings. The standard InChI is InChI=1S/C14H20ClN3/c15-11-4-1-3-10(7-11)8-16-14-12-5-2-6-13(12)17-9-18-14/h9-11H,1-8H2,(H,16,17,18). The lowest BCUT2D eigenvalue weighted by atomic mass is 9.89. The van der Waals surface area contributed by atoms with Crippen LogP contribution in [0.15, 0.2) is 6.33 Å². The summed E-state index contributed by atoms with van der Waals surface area (Å²) >= 11 is 6.23. The van der Waals surface area contributed by atoms with Gasteiger partial charge in [-0.1, -0.05) is 6.42 Å². The van der Waals surface area contributed by atoms with E-state index < -0.39 is 0 Å². The van der Waals surface area contributed by atoms with Gasteiger partial charge < -0.3 is 5.32 Å². The van der Waals surface area contributed by atoms with E-state index in [4.69, 9.17) is 11.6 Å². The van der Waals surface area contributed by atoms with Gasteiger partial charge in [0.05, 0.1) is 0 Å². The molecular formula is C14H20ClN3. The molecule has 3 rings (SSSR count). The van der Waals surface area contributed by atoms with Crippen LogP contribution < -0.4 is 5.32 Å². The fourth-order valence-electron chi connectivity index (χ4n) is 3.16. The first-order chi connectivity index (χ1) is 8.83. The molecule has 1 aromatic rings. The van der Waals surface area contributed by atoms with E-state index in [9.17, 15) is 0 Å². The average molecular weight is 266 g/mol. The van der Waals surface area contributed by atoms with Gasteiger partial charge in [0.2, 0.25) is 0 Å². The topological polar surface area (TPSA) is 37.8 Å². The van der Waals surface area contributed by atoms with Crippen molar-refractivity contribution in [2.75, 3.05) is 11.9 Å². The van der Waals surface area contributed by atoms with Gasteiger partial charge in [0, 0.05) is 23.2 Å². The van der Waals surface area contributed by atoms with Crippen LogP contribution >= 0.6 is 11.6 Å². The van der Waals surface area contributed by atoms with E-state index in [-0.39, 0.29) is 0 Å². The molecule has 2 unspecified atom stereocenters. The number of hydrogen-bond acceptors (Lipinski definition) is 3. The van der Waals surface area contributed by atoms with Crippen LogP contribution in [0.3, 0.4) is 0 Å². The average Bonchev–Trinajstić information content (AvgIpc) is 2.85. The summed E-state index contributed by atoms with van der Waals surface area (Å²) in [4.78, 5) is 8.75. The van der Waals surface area contributed by atoms with Crippen LogP contribution in [0.5, 0.6) is 0 Å². The zero-order valence-electron chi connectivity index (χ0n) is 10.7. The van der Waals surface area contributed by atoms with Gasteiger partial charge >= 0.3 is 0 Å².